The number of carbonyl (C=O) groups excluding carboxylic acids is 3. The predicted octanol–water partition coefficient (Wildman–Crippen LogP) is 4.71. The van der Waals surface area contributed by atoms with Gasteiger partial charge in [-0.3, -0.25) is 9.59 Å². The Labute approximate surface area is 240 Å². The Bertz CT molecular complexity index is 1480. The fraction of sp³-hybridized carbons (Fsp3) is 0.303. The van der Waals surface area contributed by atoms with Crippen molar-refractivity contribution in [1.82, 2.24) is 10.3 Å². The van der Waals surface area contributed by atoms with Crippen LogP contribution in [0.2, 0.25) is 0 Å². The monoisotopic (exact) mass is 555 g/mol. The lowest BCUT2D eigenvalue weighted by atomic mass is 9.90. The lowest BCUT2D eigenvalue weighted by molar-refractivity contribution is -0.126. The number of para-hydroxylation sites is 2. The molecule has 41 heavy (non-hydrogen) atoms. The third kappa shape index (κ3) is 8.05. The summed E-state index contributed by atoms with van der Waals surface area (Å²) < 4.78 is 11.2. The van der Waals surface area contributed by atoms with Crippen molar-refractivity contribution in [3.8, 4) is 11.5 Å². The third-order valence-electron chi connectivity index (χ3n) is 7.23. The molecule has 0 aliphatic rings. The molecule has 4 rings (SSSR count). The predicted molar refractivity (Wildman–Crippen MR) is 159 cm³/mol. The molecule has 0 fully saturated rings. The minimum absolute atomic E-state index is 0.0810. The Hall–Kier alpha value is -4.43. The summed E-state index contributed by atoms with van der Waals surface area (Å²) in [4.78, 5) is 40.8. The van der Waals surface area contributed by atoms with Crippen molar-refractivity contribution in [2.75, 3.05) is 20.3 Å². The molecule has 1 amide bonds. The number of nitrogens with two attached hydrogens (primary N) is 1. The number of aryl methyl sites for hydroxylation is 2. The van der Waals surface area contributed by atoms with Gasteiger partial charge in [-0.1, -0.05) is 48.5 Å². The molecule has 4 N–H and O–H groups in total. The molecule has 0 radical (unpaired) electrons. The van der Waals surface area contributed by atoms with Crippen LogP contribution in [0.15, 0.2) is 79.0 Å². The molecule has 1 heterocycles. The molecule has 1 aromatic heterocycles. The highest BCUT2D eigenvalue weighted by Gasteiger charge is 2.29. The molecule has 8 heteroatoms. The number of H-pyrrole nitrogens is 1. The van der Waals surface area contributed by atoms with Gasteiger partial charge in [0.15, 0.2) is 5.78 Å². The second-order valence-corrected chi connectivity index (χ2v) is 10.1. The molecule has 0 bridgehead atoms. The van der Waals surface area contributed by atoms with Crippen LogP contribution in [0.5, 0.6) is 11.5 Å². The second-order valence-electron chi connectivity index (χ2n) is 10.1. The molecular formula is C33H37N3O5. The average molecular weight is 556 g/mol. The summed E-state index contributed by atoms with van der Waals surface area (Å²) in [6.45, 7) is 1.46. The summed E-state index contributed by atoms with van der Waals surface area (Å²) >= 11 is 0. The van der Waals surface area contributed by atoms with E-state index in [0.717, 1.165) is 33.3 Å². The van der Waals surface area contributed by atoms with Gasteiger partial charge in [-0.15, -0.1) is 0 Å². The number of ketones is 2. The van der Waals surface area contributed by atoms with Crippen molar-refractivity contribution in [2.45, 2.75) is 38.6 Å². The Kier molecular flexibility index (Phi) is 10.3. The van der Waals surface area contributed by atoms with Gasteiger partial charge in [0, 0.05) is 42.5 Å². The Morgan fingerprint density at radius 1 is 0.927 bits per heavy atom. The van der Waals surface area contributed by atoms with E-state index < -0.39 is 12.0 Å². The van der Waals surface area contributed by atoms with Crippen LogP contribution in [-0.4, -0.2) is 42.7 Å². The summed E-state index contributed by atoms with van der Waals surface area (Å²) in [7, 11) is 1.60. The van der Waals surface area contributed by atoms with Crippen LogP contribution in [0.3, 0.4) is 0 Å². The van der Waals surface area contributed by atoms with Gasteiger partial charge in [0.25, 0.3) is 0 Å². The van der Waals surface area contributed by atoms with E-state index in [1.807, 2.05) is 66.9 Å². The van der Waals surface area contributed by atoms with E-state index in [4.69, 9.17) is 15.2 Å². The van der Waals surface area contributed by atoms with E-state index in [0.29, 0.717) is 25.0 Å². The molecule has 214 valence electrons. The van der Waals surface area contributed by atoms with Crippen LogP contribution < -0.4 is 20.5 Å². The first kappa shape index (κ1) is 29.6. The van der Waals surface area contributed by atoms with Crippen LogP contribution in [0, 0.1) is 5.92 Å². The summed E-state index contributed by atoms with van der Waals surface area (Å²) in [5, 5.41) is 3.85. The Morgan fingerprint density at radius 3 is 2.41 bits per heavy atom. The van der Waals surface area contributed by atoms with E-state index in [1.165, 1.54) is 0 Å². The maximum Gasteiger partial charge on any atom is 0.220 e. The van der Waals surface area contributed by atoms with E-state index in [-0.39, 0.29) is 37.0 Å². The highest BCUT2D eigenvalue weighted by molar-refractivity contribution is 5.88. The van der Waals surface area contributed by atoms with Gasteiger partial charge in [0.2, 0.25) is 5.91 Å². The van der Waals surface area contributed by atoms with Gasteiger partial charge in [-0.2, -0.15) is 0 Å². The van der Waals surface area contributed by atoms with Gasteiger partial charge >= 0.3 is 0 Å². The van der Waals surface area contributed by atoms with E-state index in [1.54, 1.807) is 26.2 Å². The van der Waals surface area contributed by atoms with Crippen molar-refractivity contribution in [3.63, 3.8) is 0 Å². The molecule has 0 saturated heterocycles. The zero-order chi connectivity index (χ0) is 29.2. The summed E-state index contributed by atoms with van der Waals surface area (Å²) in [6.07, 6.45) is 3.72. The molecule has 8 nitrogen and oxygen atoms in total. The highest BCUT2D eigenvalue weighted by Crippen LogP contribution is 2.28. The largest absolute Gasteiger partial charge is 0.496 e. The fourth-order valence-electron chi connectivity index (χ4n) is 4.83. The summed E-state index contributed by atoms with van der Waals surface area (Å²) in [6, 6.07) is 22.0. The molecule has 0 spiro atoms. The number of fused-ring (bicyclic) bond motifs is 1. The first-order valence-electron chi connectivity index (χ1n) is 13.8. The zero-order valence-corrected chi connectivity index (χ0v) is 23.5. The lowest BCUT2D eigenvalue weighted by Gasteiger charge is -2.23. The number of Topliss-reactive ketones (excluding diaryl/α,β-unsaturated/α-hetero) is 2. The number of ether oxygens (including phenoxy) is 2. The van der Waals surface area contributed by atoms with Gasteiger partial charge in [0.1, 0.15) is 23.9 Å². The number of benzene rings is 3. The number of carbonyl (C=O) groups is 3. The number of rotatable bonds is 15. The molecular weight excluding hydrogens is 518 g/mol. The van der Waals surface area contributed by atoms with E-state index in [9.17, 15) is 14.4 Å². The van der Waals surface area contributed by atoms with Crippen molar-refractivity contribution < 1.29 is 23.9 Å². The highest BCUT2D eigenvalue weighted by atomic mass is 16.5. The van der Waals surface area contributed by atoms with Crippen molar-refractivity contribution in [2.24, 2.45) is 11.7 Å². The number of nitrogens with one attached hydrogen (secondary N) is 2. The lowest BCUT2D eigenvalue weighted by Crippen LogP contribution is -2.40. The number of amides is 1. The normalized spacial score (nSPS) is 12.5. The minimum Gasteiger partial charge on any atom is -0.496 e. The van der Waals surface area contributed by atoms with Crippen molar-refractivity contribution in [3.05, 3.63) is 95.7 Å². The van der Waals surface area contributed by atoms with E-state index in [2.05, 4.69) is 10.3 Å². The van der Waals surface area contributed by atoms with Crippen molar-refractivity contribution >= 4 is 28.4 Å². The van der Waals surface area contributed by atoms with Crippen LogP contribution in [0.1, 0.15) is 42.5 Å². The molecule has 0 aliphatic carbocycles. The smallest absolute Gasteiger partial charge is 0.220 e. The number of aromatic nitrogens is 1. The Balaban J connectivity index is 1.42. The minimum atomic E-state index is -0.709. The van der Waals surface area contributed by atoms with Gasteiger partial charge in [-0.25, -0.2) is 0 Å². The summed E-state index contributed by atoms with van der Waals surface area (Å²) in [5.74, 6) is 0.318. The van der Waals surface area contributed by atoms with Crippen LogP contribution in [0.4, 0.5) is 0 Å². The standard InChI is InChI=1S/C33H37N3O5/c1-22(37)11-12-23-13-16-25(17-14-23)41-21-30(38)28(33(34)27-19-35-29-9-5-4-8-26(27)29)20-36-32(39)18-15-24-7-3-6-10-31(24)40-2/h3-10,13-14,16-17,19,28,33,35H,11-12,15,18,20-21,34H2,1-2H3,(H,36,39). The van der Waals surface area contributed by atoms with Crippen LogP contribution in [-0.2, 0) is 27.2 Å². The third-order valence-corrected chi connectivity index (χ3v) is 7.23. The fourth-order valence-corrected chi connectivity index (χ4v) is 4.83. The van der Waals surface area contributed by atoms with Gasteiger partial charge in [-0.05, 0) is 60.7 Å². The molecule has 2 unspecified atom stereocenters. The maximum absolute atomic E-state index is 13.5. The molecule has 2 atom stereocenters. The first-order valence-corrected chi connectivity index (χ1v) is 13.8. The molecule has 4 aromatic rings. The number of hydrogen-bond acceptors (Lipinski definition) is 6. The maximum atomic E-state index is 13.5. The number of methoxy groups -OCH3 is 1. The van der Waals surface area contributed by atoms with Crippen molar-refractivity contribution in [1.29, 1.82) is 0 Å². The SMILES string of the molecule is COc1ccccc1CCC(=O)NCC(C(=O)COc1ccc(CCC(C)=O)cc1)C(N)c1c[nH]c2ccccc12. The number of aromatic amines is 1. The first-order chi connectivity index (χ1) is 19.9. The second kappa shape index (κ2) is 14.3. The molecule has 3 aromatic carbocycles. The van der Waals surface area contributed by atoms with Crippen LogP contribution in [0.25, 0.3) is 10.9 Å². The zero-order valence-electron chi connectivity index (χ0n) is 23.5. The topological polar surface area (TPSA) is 124 Å². The van der Waals surface area contributed by atoms with Crippen LogP contribution >= 0.6 is 0 Å². The number of hydrogen-bond donors (Lipinski definition) is 3. The molecule has 0 saturated carbocycles. The van der Waals surface area contributed by atoms with Gasteiger partial charge in [0.05, 0.1) is 13.0 Å². The Morgan fingerprint density at radius 2 is 1.66 bits per heavy atom. The molecule has 0 aliphatic heterocycles. The van der Waals surface area contributed by atoms with Gasteiger partial charge < -0.3 is 30.3 Å². The van der Waals surface area contributed by atoms with E-state index >= 15 is 0 Å². The summed E-state index contributed by atoms with van der Waals surface area (Å²) in [5.41, 5.74) is 10.4. The quantitative estimate of drug-likeness (QED) is 0.195. The average Bonchev–Trinajstić information content (AvgIpc) is 3.43.